The van der Waals surface area contributed by atoms with Crippen molar-refractivity contribution in [2.45, 2.75) is 12.8 Å². The molecule has 1 heterocycles. The van der Waals surface area contributed by atoms with Gasteiger partial charge in [-0.25, -0.2) is 0 Å². The van der Waals surface area contributed by atoms with Gasteiger partial charge in [0.1, 0.15) is 0 Å². The van der Waals surface area contributed by atoms with Crippen LogP contribution < -0.4 is 5.32 Å². The first-order chi connectivity index (χ1) is 14.2. The minimum Gasteiger partial charge on any atom is -0.342 e. The molecule has 1 fully saturated rings. The number of rotatable bonds is 6. The maximum atomic E-state index is 12.7. The van der Waals surface area contributed by atoms with E-state index < -0.39 is 0 Å². The summed E-state index contributed by atoms with van der Waals surface area (Å²) in [6.07, 6.45) is 1.08. The lowest BCUT2D eigenvalue weighted by Crippen LogP contribution is -2.30. The third kappa shape index (κ3) is 4.72. The summed E-state index contributed by atoms with van der Waals surface area (Å²) in [6, 6.07) is 28.0. The van der Waals surface area contributed by atoms with Gasteiger partial charge >= 0.3 is 0 Å². The number of hydrogen-bond donors (Lipinski definition) is 1. The summed E-state index contributed by atoms with van der Waals surface area (Å²) in [6.45, 7) is 1.13. The topological polar surface area (TPSA) is 49.4 Å². The van der Waals surface area contributed by atoms with E-state index in [0.717, 1.165) is 23.2 Å². The monoisotopic (exact) mass is 384 g/mol. The van der Waals surface area contributed by atoms with Crippen LogP contribution >= 0.6 is 0 Å². The predicted molar refractivity (Wildman–Crippen MR) is 115 cm³/mol. The summed E-state index contributed by atoms with van der Waals surface area (Å²) in [5.74, 6) is -0.344. The van der Waals surface area contributed by atoms with Crippen molar-refractivity contribution in [1.82, 2.24) is 4.90 Å². The maximum absolute atomic E-state index is 12.7. The number of nitrogens with zero attached hydrogens (tertiary/aromatic N) is 1. The lowest BCUT2D eigenvalue weighted by Gasteiger charge is -2.16. The molecule has 0 radical (unpaired) electrons. The Balaban J connectivity index is 1.36. The van der Waals surface area contributed by atoms with Gasteiger partial charge < -0.3 is 10.2 Å². The minimum atomic E-state index is -0.307. The first-order valence-electron chi connectivity index (χ1n) is 9.97. The van der Waals surface area contributed by atoms with E-state index in [0.29, 0.717) is 13.1 Å². The summed E-state index contributed by atoms with van der Waals surface area (Å²) in [7, 11) is 0. The standard InChI is InChI=1S/C25H24N2O2/c28-24-17-22(18-27(24)15-14-19-8-3-1-4-9-19)25(29)26-23-13-7-12-21(16-23)20-10-5-2-6-11-20/h1-13,16,22H,14-15,17-18H2,(H,26,29). The molecule has 1 unspecified atom stereocenters. The Labute approximate surface area is 171 Å². The van der Waals surface area contributed by atoms with Gasteiger partial charge in [0.05, 0.1) is 5.92 Å². The second-order valence-electron chi connectivity index (χ2n) is 7.41. The van der Waals surface area contributed by atoms with Crippen LogP contribution in [0.25, 0.3) is 11.1 Å². The second-order valence-corrected chi connectivity index (χ2v) is 7.41. The summed E-state index contributed by atoms with van der Waals surface area (Å²) < 4.78 is 0. The summed E-state index contributed by atoms with van der Waals surface area (Å²) in [4.78, 5) is 26.9. The zero-order valence-electron chi connectivity index (χ0n) is 16.3. The highest BCUT2D eigenvalue weighted by Crippen LogP contribution is 2.24. The fraction of sp³-hybridized carbons (Fsp3) is 0.200. The zero-order valence-corrected chi connectivity index (χ0v) is 16.3. The fourth-order valence-corrected chi connectivity index (χ4v) is 3.72. The van der Waals surface area contributed by atoms with Crippen LogP contribution in [0.2, 0.25) is 0 Å². The molecule has 4 nitrogen and oxygen atoms in total. The van der Waals surface area contributed by atoms with Gasteiger partial charge in [-0.1, -0.05) is 72.8 Å². The Kier molecular flexibility index (Phi) is 5.71. The van der Waals surface area contributed by atoms with Gasteiger partial charge in [0.25, 0.3) is 0 Å². The van der Waals surface area contributed by atoms with Crippen molar-refractivity contribution >= 4 is 17.5 Å². The molecule has 29 heavy (non-hydrogen) atoms. The van der Waals surface area contributed by atoms with Crippen LogP contribution in [0.4, 0.5) is 5.69 Å². The van der Waals surface area contributed by atoms with Gasteiger partial charge in [0.2, 0.25) is 11.8 Å². The van der Waals surface area contributed by atoms with Crippen LogP contribution in [0.3, 0.4) is 0 Å². The molecule has 1 N–H and O–H groups in total. The molecule has 2 amide bonds. The number of anilines is 1. The van der Waals surface area contributed by atoms with Crippen molar-refractivity contribution in [3.63, 3.8) is 0 Å². The fourth-order valence-electron chi connectivity index (χ4n) is 3.72. The molecule has 3 aromatic carbocycles. The quantitative estimate of drug-likeness (QED) is 0.685. The molecule has 4 rings (SSSR count). The second kappa shape index (κ2) is 8.74. The third-order valence-corrected chi connectivity index (χ3v) is 5.34. The van der Waals surface area contributed by atoms with E-state index in [2.05, 4.69) is 17.4 Å². The van der Waals surface area contributed by atoms with Crippen molar-refractivity contribution in [2.24, 2.45) is 5.92 Å². The van der Waals surface area contributed by atoms with E-state index >= 15 is 0 Å². The number of hydrogen-bond acceptors (Lipinski definition) is 2. The molecule has 146 valence electrons. The first kappa shape index (κ1) is 18.9. The highest BCUT2D eigenvalue weighted by molar-refractivity contribution is 5.97. The van der Waals surface area contributed by atoms with Crippen LogP contribution in [0, 0.1) is 5.92 Å². The van der Waals surface area contributed by atoms with Crippen molar-refractivity contribution in [3.05, 3.63) is 90.5 Å². The van der Waals surface area contributed by atoms with Gasteiger partial charge in [0.15, 0.2) is 0 Å². The number of amides is 2. The molecular formula is C25H24N2O2. The molecule has 1 saturated heterocycles. The highest BCUT2D eigenvalue weighted by atomic mass is 16.2. The molecule has 1 aliphatic heterocycles. The van der Waals surface area contributed by atoms with Crippen LogP contribution in [0.5, 0.6) is 0 Å². The van der Waals surface area contributed by atoms with Crippen LogP contribution in [-0.4, -0.2) is 29.8 Å². The minimum absolute atomic E-state index is 0.0547. The molecule has 3 aromatic rings. The molecule has 4 heteroatoms. The van der Waals surface area contributed by atoms with Crippen molar-refractivity contribution in [3.8, 4) is 11.1 Å². The van der Waals surface area contributed by atoms with Crippen LogP contribution in [0.15, 0.2) is 84.9 Å². The SMILES string of the molecule is O=C(Nc1cccc(-c2ccccc2)c1)C1CC(=O)N(CCc2ccccc2)C1. The average molecular weight is 384 g/mol. The maximum Gasteiger partial charge on any atom is 0.229 e. The highest BCUT2D eigenvalue weighted by Gasteiger charge is 2.34. The van der Waals surface area contributed by atoms with E-state index in [1.807, 2.05) is 72.8 Å². The van der Waals surface area contributed by atoms with Gasteiger partial charge in [-0.3, -0.25) is 9.59 Å². The van der Waals surface area contributed by atoms with Gasteiger partial charge in [-0.15, -0.1) is 0 Å². The molecular weight excluding hydrogens is 360 g/mol. The van der Waals surface area contributed by atoms with Gasteiger partial charge in [0, 0.05) is 25.2 Å². The molecule has 0 saturated carbocycles. The number of benzene rings is 3. The zero-order chi connectivity index (χ0) is 20.1. The smallest absolute Gasteiger partial charge is 0.229 e. The summed E-state index contributed by atoms with van der Waals surface area (Å²) in [5, 5.41) is 2.99. The average Bonchev–Trinajstić information content (AvgIpc) is 3.14. The van der Waals surface area contributed by atoms with E-state index in [4.69, 9.17) is 0 Å². The predicted octanol–water partition coefficient (Wildman–Crippen LogP) is 4.38. The normalized spacial score (nSPS) is 16.1. The molecule has 1 atom stereocenters. The molecule has 1 aliphatic rings. The molecule has 0 spiro atoms. The molecule has 0 aliphatic carbocycles. The Morgan fingerprint density at radius 1 is 0.897 bits per heavy atom. The van der Waals surface area contributed by atoms with E-state index in [1.165, 1.54) is 5.56 Å². The van der Waals surface area contributed by atoms with Crippen molar-refractivity contribution < 1.29 is 9.59 Å². The number of carbonyl (C=O) groups is 2. The Hall–Kier alpha value is -3.40. The number of nitrogens with one attached hydrogen (secondary N) is 1. The Bertz CT molecular complexity index is 986. The van der Waals surface area contributed by atoms with Gasteiger partial charge in [-0.05, 0) is 35.2 Å². The first-order valence-corrected chi connectivity index (χ1v) is 9.97. The number of carbonyl (C=O) groups excluding carboxylic acids is 2. The lowest BCUT2D eigenvalue weighted by molar-refractivity contribution is -0.128. The Morgan fingerprint density at radius 2 is 1.59 bits per heavy atom. The van der Waals surface area contributed by atoms with Crippen molar-refractivity contribution in [1.29, 1.82) is 0 Å². The van der Waals surface area contributed by atoms with E-state index in [1.54, 1.807) is 4.90 Å². The lowest BCUT2D eigenvalue weighted by atomic mass is 10.0. The molecule has 0 aromatic heterocycles. The summed E-state index contributed by atoms with van der Waals surface area (Å²) in [5.41, 5.74) is 4.11. The van der Waals surface area contributed by atoms with Crippen molar-refractivity contribution in [2.75, 3.05) is 18.4 Å². The summed E-state index contributed by atoms with van der Waals surface area (Å²) >= 11 is 0. The van der Waals surface area contributed by atoms with E-state index in [-0.39, 0.29) is 24.2 Å². The third-order valence-electron chi connectivity index (χ3n) is 5.34. The number of likely N-dealkylation sites (tertiary alicyclic amines) is 1. The van der Waals surface area contributed by atoms with Crippen LogP contribution in [0.1, 0.15) is 12.0 Å². The Morgan fingerprint density at radius 3 is 2.34 bits per heavy atom. The van der Waals surface area contributed by atoms with E-state index in [9.17, 15) is 9.59 Å². The van der Waals surface area contributed by atoms with Gasteiger partial charge in [-0.2, -0.15) is 0 Å². The van der Waals surface area contributed by atoms with Crippen LogP contribution in [-0.2, 0) is 16.0 Å². The largest absolute Gasteiger partial charge is 0.342 e. The molecule has 0 bridgehead atoms.